The molecule has 3 heterocycles. The van der Waals surface area contributed by atoms with Crippen LogP contribution in [0, 0.1) is 5.82 Å². The summed E-state index contributed by atoms with van der Waals surface area (Å²) in [6.07, 6.45) is 1.18. The highest BCUT2D eigenvalue weighted by Gasteiger charge is 2.27. The maximum Gasteiger partial charge on any atom is 0.211 e. The van der Waals surface area contributed by atoms with Crippen molar-refractivity contribution in [1.29, 1.82) is 0 Å². The number of anilines is 1. The van der Waals surface area contributed by atoms with Gasteiger partial charge in [0.1, 0.15) is 17.2 Å². The fourth-order valence-electron chi connectivity index (χ4n) is 3.02. The zero-order chi connectivity index (χ0) is 16.4. The zero-order valence-electron chi connectivity index (χ0n) is 12.3. The third-order valence-electron chi connectivity index (χ3n) is 4.10. The lowest BCUT2D eigenvalue weighted by Gasteiger charge is -2.25. The van der Waals surface area contributed by atoms with Gasteiger partial charge in [-0.1, -0.05) is 0 Å². The lowest BCUT2D eigenvalue weighted by atomic mass is 10.2. The maximum atomic E-state index is 13.4. The molecular weight excluding hydrogens is 321 g/mol. The quantitative estimate of drug-likeness (QED) is 0.718. The predicted octanol–water partition coefficient (Wildman–Crippen LogP) is 1.08. The van der Waals surface area contributed by atoms with Crippen LogP contribution in [-0.4, -0.2) is 40.1 Å². The van der Waals surface area contributed by atoms with Crippen molar-refractivity contribution in [2.45, 2.75) is 13.1 Å². The summed E-state index contributed by atoms with van der Waals surface area (Å²) in [5.41, 5.74) is 7.72. The minimum atomic E-state index is -3.28. The molecule has 0 atom stereocenters. The number of sulfonamides is 1. The SMILES string of the molecule is CS(=O)(=O)N1CCn2c(nc3c(N)nc4cc(F)ccc4c32)C1. The molecule has 0 bridgehead atoms. The zero-order valence-corrected chi connectivity index (χ0v) is 13.1. The molecule has 3 aromatic rings. The van der Waals surface area contributed by atoms with Crippen LogP contribution in [0.2, 0.25) is 0 Å². The topological polar surface area (TPSA) is 94.1 Å². The standard InChI is InChI=1S/C14H14FN5O2S/c1-23(21,22)19-4-5-20-11(7-19)18-12-13(20)9-3-2-8(15)6-10(9)17-14(12)16/h2-3,6H,4-5,7H2,1H3,(H2,16,17). The van der Waals surface area contributed by atoms with E-state index in [4.69, 9.17) is 5.73 Å². The van der Waals surface area contributed by atoms with Crippen molar-refractivity contribution >= 4 is 37.8 Å². The van der Waals surface area contributed by atoms with Gasteiger partial charge in [-0.25, -0.2) is 22.8 Å². The molecule has 2 aromatic heterocycles. The van der Waals surface area contributed by atoms with Crippen molar-refractivity contribution in [2.75, 3.05) is 18.5 Å². The number of hydrogen-bond donors (Lipinski definition) is 1. The van der Waals surface area contributed by atoms with E-state index < -0.39 is 10.0 Å². The van der Waals surface area contributed by atoms with E-state index in [0.717, 1.165) is 10.9 Å². The second-order valence-electron chi connectivity index (χ2n) is 5.63. The summed E-state index contributed by atoms with van der Waals surface area (Å²) in [6, 6.07) is 4.35. The Labute approximate surface area is 131 Å². The second kappa shape index (κ2) is 4.62. The first-order valence-corrected chi connectivity index (χ1v) is 8.88. The predicted molar refractivity (Wildman–Crippen MR) is 84.7 cm³/mol. The number of benzene rings is 1. The van der Waals surface area contributed by atoms with Gasteiger partial charge in [-0.05, 0) is 12.1 Å². The Morgan fingerprint density at radius 1 is 1.26 bits per heavy atom. The van der Waals surface area contributed by atoms with Crippen LogP contribution < -0.4 is 5.73 Å². The highest BCUT2D eigenvalue weighted by molar-refractivity contribution is 7.88. The van der Waals surface area contributed by atoms with Gasteiger partial charge in [0.15, 0.2) is 5.82 Å². The van der Waals surface area contributed by atoms with Crippen molar-refractivity contribution in [3.8, 4) is 0 Å². The van der Waals surface area contributed by atoms with Crippen LogP contribution in [0.4, 0.5) is 10.2 Å². The smallest absolute Gasteiger partial charge is 0.211 e. The van der Waals surface area contributed by atoms with Crippen LogP contribution >= 0.6 is 0 Å². The summed E-state index contributed by atoms with van der Waals surface area (Å²) in [4.78, 5) is 8.67. The normalized spacial score (nSPS) is 16.1. The van der Waals surface area contributed by atoms with Crippen molar-refractivity contribution in [2.24, 2.45) is 0 Å². The third kappa shape index (κ3) is 2.15. The minimum Gasteiger partial charge on any atom is -0.382 e. The van der Waals surface area contributed by atoms with E-state index in [2.05, 4.69) is 9.97 Å². The highest BCUT2D eigenvalue weighted by atomic mass is 32.2. The van der Waals surface area contributed by atoms with Crippen LogP contribution in [0.1, 0.15) is 5.82 Å². The van der Waals surface area contributed by atoms with Crippen LogP contribution in [0.25, 0.3) is 21.9 Å². The Hall–Kier alpha value is -2.26. The van der Waals surface area contributed by atoms with E-state index in [9.17, 15) is 12.8 Å². The Bertz CT molecular complexity index is 1060. The average molecular weight is 335 g/mol. The number of aromatic nitrogens is 3. The van der Waals surface area contributed by atoms with E-state index in [1.807, 2.05) is 4.57 Å². The Morgan fingerprint density at radius 3 is 2.78 bits per heavy atom. The third-order valence-corrected chi connectivity index (χ3v) is 5.35. The molecule has 2 N–H and O–H groups in total. The molecule has 0 saturated heterocycles. The average Bonchev–Trinajstić information content (AvgIpc) is 2.85. The van der Waals surface area contributed by atoms with Gasteiger partial charge in [0.05, 0.1) is 23.8 Å². The number of fused-ring (bicyclic) bond motifs is 5. The molecule has 0 spiro atoms. The summed E-state index contributed by atoms with van der Waals surface area (Å²) in [7, 11) is -3.28. The summed E-state index contributed by atoms with van der Waals surface area (Å²) >= 11 is 0. The molecule has 9 heteroatoms. The first kappa shape index (κ1) is 14.3. The van der Waals surface area contributed by atoms with Crippen molar-refractivity contribution in [3.05, 3.63) is 29.8 Å². The molecule has 23 heavy (non-hydrogen) atoms. The molecule has 0 fully saturated rings. The molecule has 0 amide bonds. The van der Waals surface area contributed by atoms with Gasteiger partial charge in [0, 0.05) is 24.5 Å². The molecule has 1 aromatic carbocycles. The number of hydrogen-bond acceptors (Lipinski definition) is 5. The van der Waals surface area contributed by atoms with E-state index in [1.54, 1.807) is 6.07 Å². The van der Waals surface area contributed by atoms with Gasteiger partial charge in [0.2, 0.25) is 10.0 Å². The molecule has 120 valence electrons. The van der Waals surface area contributed by atoms with Gasteiger partial charge in [-0.15, -0.1) is 0 Å². The Kier molecular flexibility index (Phi) is 2.88. The Morgan fingerprint density at radius 2 is 2.04 bits per heavy atom. The lowest BCUT2D eigenvalue weighted by Crippen LogP contribution is -2.37. The van der Waals surface area contributed by atoms with Gasteiger partial charge in [0.25, 0.3) is 0 Å². The molecule has 0 aliphatic carbocycles. The first-order valence-electron chi connectivity index (χ1n) is 7.03. The molecule has 4 rings (SSSR count). The van der Waals surface area contributed by atoms with Crippen molar-refractivity contribution in [1.82, 2.24) is 18.8 Å². The van der Waals surface area contributed by atoms with Crippen LogP contribution in [0.15, 0.2) is 18.2 Å². The summed E-state index contributed by atoms with van der Waals surface area (Å²) in [5, 5.41) is 0.752. The number of halogens is 1. The Balaban J connectivity index is 2.00. The lowest BCUT2D eigenvalue weighted by molar-refractivity contribution is 0.341. The number of nitrogen functional groups attached to an aromatic ring is 1. The van der Waals surface area contributed by atoms with Gasteiger partial charge >= 0.3 is 0 Å². The van der Waals surface area contributed by atoms with Crippen molar-refractivity contribution in [3.63, 3.8) is 0 Å². The molecule has 0 unspecified atom stereocenters. The molecule has 1 aliphatic rings. The molecular formula is C14H14FN5O2S. The highest BCUT2D eigenvalue weighted by Crippen LogP contribution is 2.31. The van der Waals surface area contributed by atoms with Gasteiger partial charge in [-0.3, -0.25) is 0 Å². The van der Waals surface area contributed by atoms with E-state index in [1.165, 1.54) is 22.7 Å². The van der Waals surface area contributed by atoms with E-state index in [-0.39, 0.29) is 18.2 Å². The van der Waals surface area contributed by atoms with E-state index in [0.29, 0.717) is 29.9 Å². The number of nitrogens with two attached hydrogens (primary N) is 1. The van der Waals surface area contributed by atoms with Gasteiger partial charge < -0.3 is 10.3 Å². The second-order valence-corrected chi connectivity index (χ2v) is 7.61. The summed E-state index contributed by atoms with van der Waals surface area (Å²) in [6.45, 7) is 1.02. The fourth-order valence-corrected chi connectivity index (χ4v) is 3.79. The molecule has 0 radical (unpaired) electrons. The molecule has 0 saturated carbocycles. The van der Waals surface area contributed by atoms with E-state index >= 15 is 0 Å². The minimum absolute atomic E-state index is 0.190. The number of nitrogens with zero attached hydrogens (tertiary/aromatic N) is 4. The fraction of sp³-hybridized carbons (Fsp3) is 0.286. The first-order chi connectivity index (χ1) is 10.8. The summed E-state index contributed by atoms with van der Waals surface area (Å²) < 4.78 is 40.2. The molecule has 1 aliphatic heterocycles. The van der Waals surface area contributed by atoms with Crippen molar-refractivity contribution < 1.29 is 12.8 Å². The largest absolute Gasteiger partial charge is 0.382 e. The maximum absolute atomic E-state index is 13.4. The number of imidazole rings is 1. The van der Waals surface area contributed by atoms with Crippen LogP contribution in [0.3, 0.4) is 0 Å². The number of rotatable bonds is 1. The summed E-state index contributed by atoms with van der Waals surface area (Å²) in [5.74, 6) is 0.443. The van der Waals surface area contributed by atoms with Gasteiger partial charge in [-0.2, -0.15) is 4.31 Å². The molecule has 7 nitrogen and oxygen atoms in total. The van der Waals surface area contributed by atoms with Crippen LogP contribution in [-0.2, 0) is 23.1 Å². The monoisotopic (exact) mass is 335 g/mol. The number of pyridine rings is 1. The van der Waals surface area contributed by atoms with Crippen LogP contribution in [0.5, 0.6) is 0 Å².